The third-order valence-electron chi connectivity index (χ3n) is 1.74. The number of amides is 3. The Labute approximate surface area is 92.6 Å². The molecule has 16 heavy (non-hydrogen) atoms. The van der Waals surface area contributed by atoms with E-state index in [1.54, 1.807) is 6.92 Å². The lowest BCUT2D eigenvalue weighted by Crippen LogP contribution is -2.46. The Bertz CT molecular complexity index is 393. The van der Waals surface area contributed by atoms with Gasteiger partial charge in [0.15, 0.2) is 0 Å². The molecule has 0 heterocycles. The molecule has 6 heteroatoms. The van der Waals surface area contributed by atoms with Gasteiger partial charge in [0.05, 0.1) is 0 Å². The Balaban J connectivity index is 2.50. The van der Waals surface area contributed by atoms with Gasteiger partial charge in [0.1, 0.15) is 5.75 Å². The lowest BCUT2D eigenvalue weighted by atomic mass is 10.2. The Morgan fingerprint density at radius 1 is 1.31 bits per heavy atom. The molecule has 0 aromatic heterocycles. The normalized spacial score (nSPS) is 9.31. The van der Waals surface area contributed by atoms with Gasteiger partial charge in [0, 0.05) is 12.1 Å². The number of carbonyl (C=O) groups excluding carboxylic acids is 2. The van der Waals surface area contributed by atoms with Gasteiger partial charge in [-0.25, -0.2) is 10.2 Å². The number of phenolic OH excluding ortho intramolecular Hbond substituents is 1. The molecule has 6 nitrogen and oxygen atoms in total. The molecule has 0 spiro atoms. The lowest BCUT2D eigenvalue weighted by Gasteiger charge is -2.07. The highest BCUT2D eigenvalue weighted by molar-refractivity contribution is 5.95. The topological polar surface area (TPSA) is 90.5 Å². The number of hydrazine groups is 1. The molecule has 86 valence electrons. The molecule has 4 N–H and O–H groups in total. The minimum Gasteiger partial charge on any atom is -0.508 e. The van der Waals surface area contributed by atoms with Crippen LogP contribution in [0.3, 0.4) is 0 Å². The Morgan fingerprint density at radius 2 is 2.06 bits per heavy atom. The number of hydrogen-bond donors (Lipinski definition) is 4. The molecule has 0 saturated carbocycles. The summed E-state index contributed by atoms with van der Waals surface area (Å²) in [6.07, 6.45) is 0. The first kappa shape index (κ1) is 11.8. The summed E-state index contributed by atoms with van der Waals surface area (Å²) >= 11 is 0. The monoisotopic (exact) mass is 223 g/mol. The van der Waals surface area contributed by atoms with Gasteiger partial charge in [-0.3, -0.25) is 10.2 Å². The molecule has 0 saturated heterocycles. The molecule has 0 bridgehead atoms. The lowest BCUT2D eigenvalue weighted by molar-refractivity contribution is 0.0936. The summed E-state index contributed by atoms with van der Waals surface area (Å²) in [6, 6.07) is 5.32. The summed E-state index contributed by atoms with van der Waals surface area (Å²) < 4.78 is 0. The molecule has 0 atom stereocenters. The number of phenols is 1. The van der Waals surface area contributed by atoms with Crippen LogP contribution < -0.4 is 16.2 Å². The molecule has 1 aromatic rings. The van der Waals surface area contributed by atoms with E-state index in [1.807, 2.05) is 0 Å². The van der Waals surface area contributed by atoms with Gasteiger partial charge in [-0.05, 0) is 25.1 Å². The van der Waals surface area contributed by atoms with Gasteiger partial charge >= 0.3 is 6.03 Å². The average Bonchev–Trinajstić information content (AvgIpc) is 2.26. The predicted molar refractivity (Wildman–Crippen MR) is 57.8 cm³/mol. The Morgan fingerprint density at radius 3 is 2.69 bits per heavy atom. The molecule has 0 fully saturated rings. The second-order valence-electron chi connectivity index (χ2n) is 2.99. The first-order valence-corrected chi connectivity index (χ1v) is 4.76. The van der Waals surface area contributed by atoms with Crippen molar-refractivity contribution in [3.63, 3.8) is 0 Å². The van der Waals surface area contributed by atoms with Crippen LogP contribution >= 0.6 is 0 Å². The van der Waals surface area contributed by atoms with Gasteiger partial charge in [-0.1, -0.05) is 6.07 Å². The van der Waals surface area contributed by atoms with Crippen LogP contribution in [0.25, 0.3) is 0 Å². The molecule has 3 amide bonds. The van der Waals surface area contributed by atoms with Crippen LogP contribution in [0.5, 0.6) is 5.75 Å². The van der Waals surface area contributed by atoms with Crippen LogP contribution in [0.4, 0.5) is 4.79 Å². The third-order valence-corrected chi connectivity index (χ3v) is 1.74. The van der Waals surface area contributed by atoms with E-state index in [-0.39, 0.29) is 11.3 Å². The molecule has 1 rings (SSSR count). The van der Waals surface area contributed by atoms with E-state index < -0.39 is 11.9 Å². The van der Waals surface area contributed by atoms with Crippen LogP contribution in [0.2, 0.25) is 0 Å². The van der Waals surface area contributed by atoms with Gasteiger partial charge in [-0.2, -0.15) is 0 Å². The van der Waals surface area contributed by atoms with Crippen LogP contribution in [0.1, 0.15) is 17.3 Å². The largest absolute Gasteiger partial charge is 0.508 e. The number of benzene rings is 1. The van der Waals surface area contributed by atoms with Gasteiger partial charge in [0.2, 0.25) is 0 Å². The van der Waals surface area contributed by atoms with E-state index in [4.69, 9.17) is 5.11 Å². The fourth-order valence-corrected chi connectivity index (χ4v) is 1.04. The van der Waals surface area contributed by atoms with Crippen molar-refractivity contribution in [1.82, 2.24) is 16.2 Å². The van der Waals surface area contributed by atoms with E-state index in [9.17, 15) is 9.59 Å². The van der Waals surface area contributed by atoms with Crippen molar-refractivity contribution in [1.29, 1.82) is 0 Å². The minimum absolute atomic E-state index is 0.00865. The molecule has 0 aliphatic heterocycles. The zero-order valence-electron chi connectivity index (χ0n) is 8.78. The van der Waals surface area contributed by atoms with Gasteiger partial charge in [-0.15, -0.1) is 0 Å². The quantitative estimate of drug-likeness (QED) is 0.545. The number of urea groups is 1. The van der Waals surface area contributed by atoms with Crippen LogP contribution in [-0.2, 0) is 0 Å². The number of aromatic hydroxyl groups is 1. The van der Waals surface area contributed by atoms with Crippen molar-refractivity contribution in [2.24, 2.45) is 0 Å². The van der Waals surface area contributed by atoms with Crippen molar-refractivity contribution < 1.29 is 14.7 Å². The van der Waals surface area contributed by atoms with Crippen molar-refractivity contribution in [3.05, 3.63) is 29.8 Å². The number of rotatable bonds is 2. The number of carbonyl (C=O) groups is 2. The highest BCUT2D eigenvalue weighted by Gasteiger charge is 2.06. The molecular formula is C10H13N3O3. The fraction of sp³-hybridized carbons (Fsp3) is 0.200. The van der Waals surface area contributed by atoms with E-state index >= 15 is 0 Å². The maximum atomic E-state index is 11.4. The zero-order valence-corrected chi connectivity index (χ0v) is 8.78. The van der Waals surface area contributed by atoms with Gasteiger partial charge in [0.25, 0.3) is 5.91 Å². The molecule has 0 radical (unpaired) electrons. The second kappa shape index (κ2) is 5.59. The molecule has 0 aliphatic carbocycles. The van der Waals surface area contributed by atoms with E-state index in [1.165, 1.54) is 24.3 Å². The predicted octanol–water partition coefficient (Wildman–Crippen LogP) is 0.356. The molecular weight excluding hydrogens is 210 g/mol. The summed E-state index contributed by atoms with van der Waals surface area (Å²) in [7, 11) is 0. The fourth-order valence-electron chi connectivity index (χ4n) is 1.04. The summed E-state index contributed by atoms with van der Waals surface area (Å²) in [5.41, 5.74) is 4.63. The first-order chi connectivity index (χ1) is 7.63. The Kier molecular flexibility index (Phi) is 4.14. The van der Waals surface area contributed by atoms with Crippen LogP contribution in [0.15, 0.2) is 24.3 Å². The van der Waals surface area contributed by atoms with Crippen molar-refractivity contribution >= 4 is 11.9 Å². The number of nitrogens with one attached hydrogen (secondary N) is 3. The first-order valence-electron chi connectivity index (χ1n) is 4.76. The van der Waals surface area contributed by atoms with Gasteiger partial charge < -0.3 is 10.4 Å². The highest BCUT2D eigenvalue weighted by atomic mass is 16.3. The zero-order chi connectivity index (χ0) is 12.0. The molecule has 0 aliphatic rings. The standard InChI is InChI=1S/C10H13N3O3/c1-2-11-10(16)13-12-9(15)7-4-3-5-8(14)6-7/h3-6,14H,2H2,1H3,(H,12,15)(H2,11,13,16). The van der Waals surface area contributed by atoms with E-state index in [0.29, 0.717) is 6.54 Å². The van der Waals surface area contributed by atoms with E-state index in [0.717, 1.165) is 0 Å². The summed E-state index contributed by atoms with van der Waals surface area (Å²) in [6.45, 7) is 2.23. The number of hydrogen-bond acceptors (Lipinski definition) is 3. The smallest absolute Gasteiger partial charge is 0.333 e. The SMILES string of the molecule is CCNC(=O)NNC(=O)c1cccc(O)c1. The van der Waals surface area contributed by atoms with Crippen molar-refractivity contribution in [2.75, 3.05) is 6.54 Å². The average molecular weight is 223 g/mol. The maximum absolute atomic E-state index is 11.4. The van der Waals surface area contributed by atoms with Crippen molar-refractivity contribution in [2.45, 2.75) is 6.92 Å². The molecule has 0 unspecified atom stereocenters. The van der Waals surface area contributed by atoms with E-state index in [2.05, 4.69) is 16.2 Å². The summed E-state index contributed by atoms with van der Waals surface area (Å²) in [5, 5.41) is 11.6. The highest BCUT2D eigenvalue weighted by Crippen LogP contribution is 2.10. The van der Waals surface area contributed by atoms with Crippen molar-refractivity contribution in [3.8, 4) is 5.75 Å². The summed E-state index contributed by atoms with van der Waals surface area (Å²) in [5.74, 6) is -0.507. The maximum Gasteiger partial charge on any atom is 0.333 e. The summed E-state index contributed by atoms with van der Waals surface area (Å²) in [4.78, 5) is 22.4. The Hall–Kier alpha value is -2.24. The second-order valence-corrected chi connectivity index (χ2v) is 2.99. The van der Waals surface area contributed by atoms with Crippen LogP contribution in [0, 0.1) is 0 Å². The molecule has 1 aromatic carbocycles. The van der Waals surface area contributed by atoms with Crippen LogP contribution in [-0.4, -0.2) is 23.6 Å². The third kappa shape index (κ3) is 3.49. The minimum atomic E-state index is -0.498.